The minimum Gasteiger partial charge on any atom is -0.443 e. The molecule has 0 bridgehead atoms. The second kappa shape index (κ2) is 6.73. The Morgan fingerprint density at radius 3 is 2.62 bits per heavy atom. The molecule has 0 aromatic rings. The number of carbonyl (C=O) groups is 2. The number of carbonyl (C=O) groups excluding carboxylic acids is 2. The predicted molar refractivity (Wildman–Crippen MR) is 78.1 cm³/mol. The molecule has 0 aromatic carbocycles. The van der Waals surface area contributed by atoms with Crippen molar-refractivity contribution in [3.63, 3.8) is 0 Å². The van der Waals surface area contributed by atoms with Crippen LogP contribution >= 0.6 is 0 Å². The van der Waals surface area contributed by atoms with Crippen molar-refractivity contribution in [2.45, 2.75) is 38.4 Å². The van der Waals surface area contributed by atoms with Crippen molar-refractivity contribution in [1.29, 1.82) is 0 Å². The summed E-state index contributed by atoms with van der Waals surface area (Å²) in [6, 6.07) is 0. The van der Waals surface area contributed by atoms with Crippen molar-refractivity contribution in [3.8, 4) is 0 Å². The van der Waals surface area contributed by atoms with Gasteiger partial charge < -0.3 is 15.2 Å². The van der Waals surface area contributed by atoms with Crippen molar-refractivity contribution in [2.24, 2.45) is 5.73 Å². The Labute approximate surface area is 124 Å². The highest BCUT2D eigenvalue weighted by Crippen LogP contribution is 2.25. The van der Waals surface area contributed by atoms with E-state index in [9.17, 15) is 9.59 Å². The first-order valence-electron chi connectivity index (χ1n) is 6.63. The van der Waals surface area contributed by atoms with E-state index < -0.39 is 23.2 Å². The minimum atomic E-state index is -1.13. The molecule has 0 aliphatic heterocycles. The second-order valence-electron chi connectivity index (χ2n) is 5.80. The molecule has 21 heavy (non-hydrogen) atoms. The van der Waals surface area contributed by atoms with Gasteiger partial charge in [0.05, 0.1) is 0 Å². The maximum atomic E-state index is 11.5. The van der Waals surface area contributed by atoms with E-state index >= 15 is 0 Å². The lowest BCUT2D eigenvalue weighted by Crippen LogP contribution is -2.47. The van der Waals surface area contributed by atoms with E-state index in [1.165, 1.54) is 7.11 Å². The number of rotatable bonds is 5. The first kappa shape index (κ1) is 17.2. The van der Waals surface area contributed by atoms with Gasteiger partial charge in [-0.1, -0.05) is 17.7 Å². The molecule has 1 atom stereocenters. The smallest absolute Gasteiger partial charge is 0.422 e. The molecule has 4 N–H and O–H groups in total. The van der Waals surface area contributed by atoms with Gasteiger partial charge in [-0.15, -0.1) is 0 Å². The highest BCUT2D eigenvalue weighted by atomic mass is 16.6. The molecule has 0 saturated carbocycles. The number of nitrogens with one attached hydrogen (secondary N) is 2. The summed E-state index contributed by atoms with van der Waals surface area (Å²) in [6.45, 7) is 5.69. The summed E-state index contributed by atoms with van der Waals surface area (Å²) in [7, 11) is 1.43. The first-order valence-corrected chi connectivity index (χ1v) is 6.63. The molecule has 0 spiro atoms. The topological polar surface area (TPSA) is 103 Å². The average Bonchev–Trinajstić information content (AvgIpc) is 2.36. The van der Waals surface area contributed by atoms with Crippen molar-refractivity contribution < 1.29 is 19.1 Å². The van der Waals surface area contributed by atoms with Crippen LogP contribution in [0.5, 0.6) is 0 Å². The fourth-order valence-corrected chi connectivity index (χ4v) is 1.86. The van der Waals surface area contributed by atoms with Crippen LogP contribution in [0.2, 0.25) is 0 Å². The highest BCUT2D eigenvalue weighted by Gasteiger charge is 2.36. The van der Waals surface area contributed by atoms with Gasteiger partial charge in [0.2, 0.25) is 0 Å². The Hall–Kier alpha value is -1.86. The van der Waals surface area contributed by atoms with Gasteiger partial charge in [0.25, 0.3) is 5.91 Å². The van der Waals surface area contributed by atoms with E-state index in [1.807, 2.05) is 6.08 Å². The molecule has 1 aliphatic carbocycles. The number of methoxy groups -OCH3 is 1. The largest absolute Gasteiger partial charge is 0.443 e. The Balaban J connectivity index is 2.47. The van der Waals surface area contributed by atoms with Crippen LogP contribution in [0.1, 0.15) is 27.2 Å². The van der Waals surface area contributed by atoms with Crippen LogP contribution in [-0.2, 0) is 14.3 Å². The molecule has 7 heteroatoms. The summed E-state index contributed by atoms with van der Waals surface area (Å²) in [5.74, 6) is -0.549. The molecular weight excluding hydrogens is 274 g/mol. The van der Waals surface area contributed by atoms with E-state index in [0.717, 1.165) is 5.57 Å². The van der Waals surface area contributed by atoms with Crippen LogP contribution in [-0.4, -0.2) is 36.9 Å². The van der Waals surface area contributed by atoms with Gasteiger partial charge in [0.1, 0.15) is 5.60 Å². The van der Waals surface area contributed by atoms with Crippen molar-refractivity contribution in [3.05, 3.63) is 23.8 Å². The Kier molecular flexibility index (Phi) is 5.51. The van der Waals surface area contributed by atoms with Gasteiger partial charge in [-0.2, -0.15) is 0 Å². The molecule has 1 aliphatic rings. The zero-order valence-corrected chi connectivity index (χ0v) is 12.9. The quantitative estimate of drug-likeness (QED) is 0.651. The van der Waals surface area contributed by atoms with Crippen molar-refractivity contribution in [2.75, 3.05) is 13.7 Å². The number of allylic oxidation sites excluding steroid dienone is 2. The fraction of sp³-hybridized carbons (Fsp3) is 0.571. The van der Waals surface area contributed by atoms with Gasteiger partial charge in [-0.05, 0) is 26.8 Å². The number of amides is 2. The minimum absolute atomic E-state index is 0.332. The predicted octanol–water partition coefficient (Wildman–Crippen LogP) is 0.772. The van der Waals surface area contributed by atoms with E-state index in [-0.39, 0.29) is 0 Å². The Bertz CT molecular complexity index is 465. The molecule has 0 fully saturated rings. The maximum absolute atomic E-state index is 11.5. The van der Waals surface area contributed by atoms with Crippen LogP contribution in [0.3, 0.4) is 0 Å². The van der Waals surface area contributed by atoms with Crippen molar-refractivity contribution in [1.82, 2.24) is 10.9 Å². The van der Waals surface area contributed by atoms with Gasteiger partial charge in [0.15, 0.2) is 5.60 Å². The van der Waals surface area contributed by atoms with Crippen molar-refractivity contribution >= 4 is 12.0 Å². The fourth-order valence-electron chi connectivity index (χ4n) is 1.86. The first-order chi connectivity index (χ1) is 9.68. The van der Waals surface area contributed by atoms with Crippen LogP contribution in [0.15, 0.2) is 23.8 Å². The van der Waals surface area contributed by atoms with Gasteiger partial charge in [0, 0.05) is 20.1 Å². The molecule has 0 radical (unpaired) electrons. The SMILES string of the molecule is COC1(C(N)=O)C=CC=C(CNNC(=O)OC(C)(C)C)C1. The zero-order valence-electron chi connectivity index (χ0n) is 12.9. The summed E-state index contributed by atoms with van der Waals surface area (Å²) < 4.78 is 10.3. The summed E-state index contributed by atoms with van der Waals surface area (Å²) in [4.78, 5) is 23.0. The third-order valence-electron chi connectivity index (χ3n) is 2.87. The number of ether oxygens (including phenoxy) is 2. The van der Waals surface area contributed by atoms with E-state index in [1.54, 1.807) is 32.9 Å². The lowest BCUT2D eigenvalue weighted by molar-refractivity contribution is -0.134. The van der Waals surface area contributed by atoms with E-state index in [0.29, 0.717) is 13.0 Å². The highest BCUT2D eigenvalue weighted by molar-refractivity contribution is 5.86. The van der Waals surface area contributed by atoms with Gasteiger partial charge >= 0.3 is 6.09 Å². The summed E-state index contributed by atoms with van der Waals surface area (Å²) in [6.07, 6.45) is 4.94. The maximum Gasteiger partial charge on any atom is 0.422 e. The van der Waals surface area contributed by atoms with Gasteiger partial charge in [-0.25, -0.2) is 10.2 Å². The number of hydrazine groups is 1. The number of primary amides is 1. The van der Waals surface area contributed by atoms with Crippen LogP contribution in [0.25, 0.3) is 0 Å². The lowest BCUT2D eigenvalue weighted by atomic mass is 9.89. The van der Waals surface area contributed by atoms with Crippen LogP contribution in [0.4, 0.5) is 4.79 Å². The molecule has 0 heterocycles. The Morgan fingerprint density at radius 1 is 1.43 bits per heavy atom. The molecule has 0 saturated heterocycles. The van der Waals surface area contributed by atoms with Crippen LogP contribution in [0, 0.1) is 0 Å². The summed E-state index contributed by atoms with van der Waals surface area (Å²) in [5, 5.41) is 0. The third-order valence-corrected chi connectivity index (χ3v) is 2.87. The molecule has 118 valence electrons. The molecule has 2 amide bonds. The van der Waals surface area contributed by atoms with Gasteiger partial charge in [-0.3, -0.25) is 10.2 Å². The summed E-state index contributed by atoms with van der Waals surface area (Å²) in [5.41, 5.74) is 9.72. The third kappa shape index (κ3) is 5.20. The molecule has 7 nitrogen and oxygen atoms in total. The average molecular weight is 297 g/mol. The molecule has 1 rings (SSSR count). The molecule has 1 unspecified atom stereocenters. The van der Waals surface area contributed by atoms with Crippen LogP contribution < -0.4 is 16.6 Å². The zero-order chi connectivity index (χ0) is 16.1. The molecular formula is C14H23N3O4. The lowest BCUT2D eigenvalue weighted by Gasteiger charge is -2.29. The standard InChI is InChI=1S/C14H23N3O4/c1-13(2,3)21-12(19)17-16-9-10-6-5-7-14(8-10,20-4)11(15)18/h5-7,16H,8-9H2,1-4H3,(H2,15,18)(H,17,19). The number of hydrogen-bond donors (Lipinski definition) is 3. The van der Waals surface area contributed by atoms with E-state index in [2.05, 4.69) is 10.9 Å². The molecule has 0 aromatic heterocycles. The summed E-state index contributed by atoms with van der Waals surface area (Å²) >= 11 is 0. The Morgan fingerprint density at radius 2 is 2.10 bits per heavy atom. The number of hydrogen-bond acceptors (Lipinski definition) is 5. The monoisotopic (exact) mass is 297 g/mol. The van der Waals surface area contributed by atoms with E-state index in [4.69, 9.17) is 15.2 Å². The second-order valence-corrected chi connectivity index (χ2v) is 5.80. The normalized spacial score (nSPS) is 21.6. The number of nitrogens with two attached hydrogens (primary N) is 1.